The van der Waals surface area contributed by atoms with E-state index in [2.05, 4.69) is 24.2 Å². The molecule has 2 N–H and O–H groups in total. The lowest BCUT2D eigenvalue weighted by Crippen LogP contribution is -2.10. The van der Waals surface area contributed by atoms with Crippen LogP contribution >= 0.6 is 0 Å². The third-order valence-electron chi connectivity index (χ3n) is 3.03. The van der Waals surface area contributed by atoms with Gasteiger partial charge in [0.15, 0.2) is 0 Å². The van der Waals surface area contributed by atoms with Crippen LogP contribution in [0.5, 0.6) is 0 Å². The molecule has 0 aliphatic heterocycles. The predicted octanol–water partition coefficient (Wildman–Crippen LogP) is 3.05. The number of aromatic nitrogens is 3. The minimum atomic E-state index is 0.0499. The number of unbranched alkanes of at least 4 members (excludes halogenated alkanes) is 4. The smallest absolute Gasteiger partial charge is 0.0994 e. The summed E-state index contributed by atoms with van der Waals surface area (Å²) in [6, 6.07) is 0.0499. The Morgan fingerprint density at radius 3 is 2.65 bits per heavy atom. The maximum atomic E-state index is 6.00. The van der Waals surface area contributed by atoms with E-state index in [0.717, 1.165) is 25.1 Å². The Hall–Kier alpha value is -0.900. The van der Waals surface area contributed by atoms with Gasteiger partial charge in [-0.2, -0.15) is 0 Å². The van der Waals surface area contributed by atoms with Gasteiger partial charge in [-0.15, -0.1) is 5.10 Å². The molecule has 0 fully saturated rings. The summed E-state index contributed by atoms with van der Waals surface area (Å²) in [5.74, 6) is 0. The van der Waals surface area contributed by atoms with Crippen molar-refractivity contribution in [1.29, 1.82) is 0 Å². The second-order valence-electron chi connectivity index (χ2n) is 4.72. The van der Waals surface area contributed by atoms with E-state index in [9.17, 15) is 0 Å². The summed E-state index contributed by atoms with van der Waals surface area (Å²) < 4.78 is 1.93. The van der Waals surface area contributed by atoms with Crippen LogP contribution in [0.2, 0.25) is 0 Å². The molecule has 0 aliphatic carbocycles. The number of rotatable bonds is 9. The summed E-state index contributed by atoms with van der Waals surface area (Å²) in [6.07, 6.45) is 10.5. The number of nitrogens with zero attached hydrogens (tertiary/aromatic N) is 3. The van der Waals surface area contributed by atoms with Gasteiger partial charge in [0.25, 0.3) is 0 Å². The van der Waals surface area contributed by atoms with E-state index in [0.29, 0.717) is 0 Å². The highest BCUT2D eigenvalue weighted by molar-refractivity contribution is 4.99. The third kappa shape index (κ3) is 5.31. The van der Waals surface area contributed by atoms with Crippen LogP contribution in [0.4, 0.5) is 0 Å². The average molecular weight is 238 g/mol. The van der Waals surface area contributed by atoms with Gasteiger partial charge in [-0.1, -0.05) is 51.2 Å². The van der Waals surface area contributed by atoms with E-state index in [4.69, 9.17) is 5.73 Å². The van der Waals surface area contributed by atoms with Gasteiger partial charge in [0, 0.05) is 6.54 Å². The van der Waals surface area contributed by atoms with Crippen molar-refractivity contribution in [3.05, 3.63) is 11.9 Å². The van der Waals surface area contributed by atoms with Gasteiger partial charge >= 0.3 is 0 Å². The Morgan fingerprint density at radius 2 is 1.94 bits per heavy atom. The van der Waals surface area contributed by atoms with Crippen LogP contribution in [0.3, 0.4) is 0 Å². The van der Waals surface area contributed by atoms with Crippen molar-refractivity contribution in [1.82, 2.24) is 15.0 Å². The van der Waals surface area contributed by atoms with E-state index in [1.807, 2.05) is 10.9 Å². The molecule has 4 nitrogen and oxygen atoms in total. The Morgan fingerprint density at radius 1 is 1.18 bits per heavy atom. The predicted molar refractivity (Wildman–Crippen MR) is 70.6 cm³/mol. The molecule has 0 saturated carbocycles. The lowest BCUT2D eigenvalue weighted by Gasteiger charge is -2.04. The first-order chi connectivity index (χ1) is 8.27. The van der Waals surface area contributed by atoms with Gasteiger partial charge < -0.3 is 5.73 Å². The molecule has 0 aromatic carbocycles. The standard InChI is InChI=1S/C13H26N4/c1-3-5-6-7-8-10-17-11-13(15-16-17)12(14)9-4-2/h11-12H,3-10,14H2,1-2H3. The summed E-state index contributed by atoms with van der Waals surface area (Å²) >= 11 is 0. The minimum Gasteiger partial charge on any atom is -0.323 e. The van der Waals surface area contributed by atoms with Gasteiger partial charge in [-0.05, 0) is 12.8 Å². The third-order valence-corrected chi connectivity index (χ3v) is 3.03. The largest absolute Gasteiger partial charge is 0.323 e. The normalized spacial score (nSPS) is 12.9. The molecule has 0 amide bonds. The Kier molecular flexibility index (Phi) is 6.86. The van der Waals surface area contributed by atoms with E-state index in [1.165, 1.54) is 32.1 Å². The summed E-state index contributed by atoms with van der Waals surface area (Å²) in [5.41, 5.74) is 6.93. The number of hydrogen-bond donors (Lipinski definition) is 1. The second-order valence-corrected chi connectivity index (χ2v) is 4.72. The van der Waals surface area contributed by atoms with Crippen LogP contribution in [0.1, 0.15) is 70.5 Å². The van der Waals surface area contributed by atoms with Crippen molar-refractivity contribution in [3.63, 3.8) is 0 Å². The van der Waals surface area contributed by atoms with Gasteiger partial charge in [0.2, 0.25) is 0 Å². The van der Waals surface area contributed by atoms with Crippen molar-refractivity contribution >= 4 is 0 Å². The quantitative estimate of drug-likeness (QED) is 0.673. The molecule has 1 atom stereocenters. The molecular weight excluding hydrogens is 212 g/mol. The topological polar surface area (TPSA) is 56.7 Å². The molecule has 4 heteroatoms. The van der Waals surface area contributed by atoms with Crippen molar-refractivity contribution in [2.24, 2.45) is 5.73 Å². The highest BCUT2D eigenvalue weighted by Gasteiger charge is 2.09. The Bertz CT molecular complexity index is 295. The number of aryl methyl sites for hydroxylation is 1. The molecule has 1 heterocycles. The van der Waals surface area contributed by atoms with Crippen molar-refractivity contribution in [2.75, 3.05) is 0 Å². The van der Waals surface area contributed by atoms with E-state index >= 15 is 0 Å². The maximum Gasteiger partial charge on any atom is 0.0994 e. The first-order valence-corrected chi connectivity index (χ1v) is 6.93. The first kappa shape index (κ1) is 14.2. The van der Waals surface area contributed by atoms with Crippen LogP contribution in [-0.4, -0.2) is 15.0 Å². The zero-order valence-electron chi connectivity index (χ0n) is 11.2. The van der Waals surface area contributed by atoms with Crippen LogP contribution in [-0.2, 0) is 6.54 Å². The monoisotopic (exact) mass is 238 g/mol. The summed E-state index contributed by atoms with van der Waals surface area (Å²) in [6.45, 7) is 5.34. The lowest BCUT2D eigenvalue weighted by molar-refractivity contribution is 0.521. The molecule has 17 heavy (non-hydrogen) atoms. The molecular formula is C13H26N4. The molecule has 1 unspecified atom stereocenters. The lowest BCUT2D eigenvalue weighted by atomic mass is 10.1. The molecule has 0 radical (unpaired) electrons. The Balaban J connectivity index is 2.25. The Labute approximate surface area is 105 Å². The molecule has 0 aliphatic rings. The molecule has 0 saturated heterocycles. The molecule has 0 bridgehead atoms. The number of nitrogens with two attached hydrogens (primary N) is 1. The van der Waals surface area contributed by atoms with Crippen LogP contribution in [0, 0.1) is 0 Å². The van der Waals surface area contributed by atoms with E-state index in [1.54, 1.807) is 0 Å². The highest BCUT2D eigenvalue weighted by atomic mass is 15.4. The molecule has 1 aromatic heterocycles. The molecule has 0 spiro atoms. The van der Waals surface area contributed by atoms with E-state index in [-0.39, 0.29) is 6.04 Å². The SMILES string of the molecule is CCCCCCCn1cc(C(N)CCC)nn1. The zero-order valence-corrected chi connectivity index (χ0v) is 11.2. The van der Waals surface area contributed by atoms with E-state index < -0.39 is 0 Å². The van der Waals surface area contributed by atoms with Crippen LogP contribution in [0.25, 0.3) is 0 Å². The molecule has 98 valence electrons. The minimum absolute atomic E-state index is 0.0499. The zero-order chi connectivity index (χ0) is 12.5. The van der Waals surface area contributed by atoms with Gasteiger partial charge in [-0.3, -0.25) is 4.68 Å². The summed E-state index contributed by atoms with van der Waals surface area (Å²) in [5, 5.41) is 8.26. The highest BCUT2D eigenvalue weighted by Crippen LogP contribution is 2.12. The molecule has 1 aromatic rings. The van der Waals surface area contributed by atoms with Gasteiger partial charge in [0.1, 0.15) is 0 Å². The van der Waals surface area contributed by atoms with Gasteiger partial charge in [-0.25, -0.2) is 0 Å². The van der Waals surface area contributed by atoms with Crippen LogP contribution < -0.4 is 5.73 Å². The fraction of sp³-hybridized carbons (Fsp3) is 0.846. The number of hydrogen-bond acceptors (Lipinski definition) is 3. The fourth-order valence-electron chi connectivity index (χ4n) is 1.93. The molecule has 1 rings (SSSR count). The van der Waals surface area contributed by atoms with Crippen molar-refractivity contribution in [3.8, 4) is 0 Å². The summed E-state index contributed by atoms with van der Waals surface area (Å²) in [4.78, 5) is 0. The summed E-state index contributed by atoms with van der Waals surface area (Å²) in [7, 11) is 0. The second kappa shape index (κ2) is 8.23. The van der Waals surface area contributed by atoms with Crippen molar-refractivity contribution in [2.45, 2.75) is 71.4 Å². The fourth-order valence-corrected chi connectivity index (χ4v) is 1.93. The van der Waals surface area contributed by atoms with Gasteiger partial charge in [0.05, 0.1) is 17.9 Å². The van der Waals surface area contributed by atoms with Crippen LogP contribution in [0.15, 0.2) is 6.20 Å². The average Bonchev–Trinajstić information content (AvgIpc) is 2.78. The first-order valence-electron chi connectivity index (χ1n) is 6.93. The maximum absolute atomic E-state index is 6.00. The van der Waals surface area contributed by atoms with Crippen molar-refractivity contribution < 1.29 is 0 Å².